The smallest absolute Gasteiger partial charge is 0.318 e. The molecular formula is C22H29N5O2. The zero-order valence-electron chi connectivity index (χ0n) is 17.0. The molecule has 0 spiro atoms. The van der Waals surface area contributed by atoms with E-state index >= 15 is 0 Å². The van der Waals surface area contributed by atoms with E-state index in [0.29, 0.717) is 19.6 Å². The molecule has 0 radical (unpaired) electrons. The Morgan fingerprint density at radius 1 is 1.00 bits per heavy atom. The van der Waals surface area contributed by atoms with Gasteiger partial charge in [0.05, 0.1) is 0 Å². The first-order valence-electron chi connectivity index (χ1n) is 10.1. The number of amides is 3. The summed E-state index contributed by atoms with van der Waals surface area (Å²) in [6.07, 6.45) is 3.39. The number of benzene rings is 1. The van der Waals surface area contributed by atoms with Crippen LogP contribution in [0.25, 0.3) is 0 Å². The summed E-state index contributed by atoms with van der Waals surface area (Å²) in [6.45, 7) is 7.09. The lowest BCUT2D eigenvalue weighted by atomic mass is 10.0. The second-order valence-corrected chi connectivity index (χ2v) is 7.55. The van der Waals surface area contributed by atoms with E-state index in [1.54, 1.807) is 17.3 Å². The molecule has 0 saturated carbocycles. The Morgan fingerprint density at radius 3 is 2.28 bits per heavy atom. The van der Waals surface area contributed by atoms with Crippen molar-refractivity contribution < 1.29 is 9.59 Å². The maximum atomic E-state index is 12.7. The second-order valence-electron chi connectivity index (χ2n) is 7.55. The van der Waals surface area contributed by atoms with Crippen molar-refractivity contribution in [3.63, 3.8) is 0 Å². The highest BCUT2D eigenvalue weighted by atomic mass is 16.2. The third-order valence-electron chi connectivity index (χ3n) is 5.13. The number of hydrogen-bond acceptors (Lipinski definition) is 4. The number of carbonyl (C=O) groups excluding carboxylic acids is 2. The minimum absolute atomic E-state index is 0.0120. The van der Waals surface area contributed by atoms with Gasteiger partial charge in [-0.3, -0.25) is 9.78 Å². The van der Waals surface area contributed by atoms with Crippen molar-refractivity contribution in [2.75, 3.05) is 31.1 Å². The summed E-state index contributed by atoms with van der Waals surface area (Å²) in [6, 6.07) is 13.2. The topological polar surface area (TPSA) is 77.6 Å². The second kappa shape index (κ2) is 9.91. The van der Waals surface area contributed by atoms with Crippen molar-refractivity contribution in [1.82, 2.24) is 20.5 Å². The van der Waals surface area contributed by atoms with Gasteiger partial charge < -0.3 is 20.4 Å². The molecule has 7 nitrogen and oxygen atoms in total. The molecule has 0 aliphatic carbocycles. The Morgan fingerprint density at radius 2 is 1.66 bits per heavy atom. The van der Waals surface area contributed by atoms with Gasteiger partial charge in [-0.25, -0.2) is 4.79 Å². The Hall–Kier alpha value is -3.09. The number of anilines is 1. The first-order chi connectivity index (χ1) is 14.0. The van der Waals surface area contributed by atoms with Crippen LogP contribution in [-0.2, 0) is 11.3 Å². The van der Waals surface area contributed by atoms with Gasteiger partial charge in [0.2, 0.25) is 5.91 Å². The van der Waals surface area contributed by atoms with Crippen LogP contribution >= 0.6 is 0 Å². The molecule has 1 saturated heterocycles. The quantitative estimate of drug-likeness (QED) is 0.787. The molecule has 2 heterocycles. The van der Waals surface area contributed by atoms with Crippen molar-refractivity contribution >= 4 is 17.6 Å². The Kier molecular flexibility index (Phi) is 7.05. The predicted molar refractivity (Wildman–Crippen MR) is 113 cm³/mol. The molecule has 29 heavy (non-hydrogen) atoms. The van der Waals surface area contributed by atoms with Gasteiger partial charge in [0.1, 0.15) is 6.04 Å². The first-order valence-corrected chi connectivity index (χ1v) is 10.1. The van der Waals surface area contributed by atoms with Crippen LogP contribution in [-0.4, -0.2) is 54.0 Å². The first kappa shape index (κ1) is 20.6. The van der Waals surface area contributed by atoms with Crippen molar-refractivity contribution in [2.45, 2.75) is 26.4 Å². The third-order valence-corrected chi connectivity index (χ3v) is 5.13. The van der Waals surface area contributed by atoms with E-state index < -0.39 is 6.04 Å². The van der Waals surface area contributed by atoms with Gasteiger partial charge in [0.25, 0.3) is 0 Å². The average Bonchev–Trinajstić information content (AvgIpc) is 2.77. The predicted octanol–water partition coefficient (Wildman–Crippen LogP) is 2.25. The van der Waals surface area contributed by atoms with Crippen molar-refractivity contribution in [1.29, 1.82) is 0 Å². The molecule has 154 valence electrons. The monoisotopic (exact) mass is 395 g/mol. The van der Waals surface area contributed by atoms with E-state index in [-0.39, 0.29) is 17.9 Å². The molecule has 2 aromatic rings. The fourth-order valence-electron chi connectivity index (χ4n) is 3.37. The van der Waals surface area contributed by atoms with Crippen LogP contribution < -0.4 is 15.5 Å². The number of para-hydroxylation sites is 1. The minimum atomic E-state index is -0.573. The van der Waals surface area contributed by atoms with E-state index in [2.05, 4.69) is 32.7 Å². The number of piperazine rings is 1. The van der Waals surface area contributed by atoms with Gasteiger partial charge in [0.15, 0.2) is 0 Å². The maximum absolute atomic E-state index is 12.7. The van der Waals surface area contributed by atoms with Crippen LogP contribution in [0.4, 0.5) is 10.5 Å². The van der Waals surface area contributed by atoms with Crippen LogP contribution in [0.5, 0.6) is 0 Å². The summed E-state index contributed by atoms with van der Waals surface area (Å²) in [5.74, 6) is -0.185. The van der Waals surface area contributed by atoms with Crippen molar-refractivity contribution in [3.05, 3.63) is 60.4 Å². The van der Waals surface area contributed by atoms with E-state index in [4.69, 9.17) is 0 Å². The van der Waals surface area contributed by atoms with Gasteiger partial charge in [-0.05, 0) is 35.7 Å². The summed E-state index contributed by atoms with van der Waals surface area (Å²) in [4.78, 5) is 33.4. The van der Waals surface area contributed by atoms with Gasteiger partial charge in [0, 0.05) is 50.8 Å². The fraction of sp³-hybridized carbons (Fsp3) is 0.409. The highest BCUT2D eigenvalue weighted by Crippen LogP contribution is 2.15. The molecule has 0 bridgehead atoms. The van der Waals surface area contributed by atoms with Crippen molar-refractivity contribution in [2.24, 2.45) is 5.92 Å². The molecule has 1 aromatic heterocycles. The standard InChI is InChI=1S/C22H29N5O2/c1-17(2)20(21(28)24-16-18-8-10-23-11-9-18)25-22(29)27-14-12-26(13-15-27)19-6-4-3-5-7-19/h3-11,17,20H,12-16H2,1-2H3,(H,24,28)(H,25,29). The summed E-state index contributed by atoms with van der Waals surface area (Å²) >= 11 is 0. The number of urea groups is 1. The zero-order valence-corrected chi connectivity index (χ0v) is 17.0. The Labute approximate surface area is 172 Å². The van der Waals surface area contributed by atoms with E-state index in [1.165, 1.54) is 5.69 Å². The van der Waals surface area contributed by atoms with E-state index in [9.17, 15) is 9.59 Å². The average molecular weight is 396 g/mol. The summed E-state index contributed by atoms with van der Waals surface area (Å²) in [5, 5.41) is 5.83. The van der Waals surface area contributed by atoms with E-state index in [0.717, 1.165) is 18.7 Å². The van der Waals surface area contributed by atoms with Crippen LogP contribution in [0.2, 0.25) is 0 Å². The lowest BCUT2D eigenvalue weighted by molar-refractivity contribution is -0.124. The van der Waals surface area contributed by atoms with Crippen LogP contribution in [0, 0.1) is 5.92 Å². The highest BCUT2D eigenvalue weighted by Gasteiger charge is 2.28. The van der Waals surface area contributed by atoms with Gasteiger partial charge in [-0.1, -0.05) is 32.0 Å². The number of carbonyl (C=O) groups is 2. The minimum Gasteiger partial charge on any atom is -0.368 e. The fourth-order valence-corrected chi connectivity index (χ4v) is 3.37. The third kappa shape index (κ3) is 5.70. The summed E-state index contributed by atoms with van der Waals surface area (Å²) < 4.78 is 0. The molecule has 3 amide bonds. The molecular weight excluding hydrogens is 366 g/mol. The lowest BCUT2D eigenvalue weighted by Gasteiger charge is -2.37. The number of rotatable bonds is 6. The molecule has 1 atom stereocenters. The summed E-state index contributed by atoms with van der Waals surface area (Å²) in [5.41, 5.74) is 2.14. The molecule has 3 rings (SSSR count). The maximum Gasteiger partial charge on any atom is 0.318 e. The van der Waals surface area contributed by atoms with Crippen LogP contribution in [0.15, 0.2) is 54.9 Å². The van der Waals surface area contributed by atoms with Crippen LogP contribution in [0.1, 0.15) is 19.4 Å². The highest BCUT2D eigenvalue weighted by molar-refractivity contribution is 5.87. The number of pyridine rings is 1. The lowest BCUT2D eigenvalue weighted by Crippen LogP contribution is -2.57. The summed E-state index contributed by atoms with van der Waals surface area (Å²) in [7, 11) is 0. The van der Waals surface area contributed by atoms with Crippen LogP contribution in [0.3, 0.4) is 0 Å². The Bertz CT molecular complexity index is 789. The van der Waals surface area contributed by atoms with Crippen molar-refractivity contribution in [3.8, 4) is 0 Å². The molecule has 2 N–H and O–H groups in total. The number of aromatic nitrogens is 1. The molecule has 1 aliphatic heterocycles. The van der Waals surface area contributed by atoms with Gasteiger partial charge >= 0.3 is 6.03 Å². The normalized spacial score (nSPS) is 15.1. The van der Waals surface area contributed by atoms with Gasteiger partial charge in [-0.2, -0.15) is 0 Å². The van der Waals surface area contributed by atoms with E-state index in [1.807, 2.05) is 44.2 Å². The number of nitrogens with one attached hydrogen (secondary N) is 2. The molecule has 7 heteroatoms. The molecule has 1 fully saturated rings. The number of hydrogen-bond donors (Lipinski definition) is 2. The molecule has 1 aliphatic rings. The number of nitrogens with zero attached hydrogens (tertiary/aromatic N) is 3. The zero-order chi connectivity index (χ0) is 20.6. The molecule has 1 unspecified atom stereocenters. The SMILES string of the molecule is CC(C)C(NC(=O)N1CCN(c2ccccc2)CC1)C(=O)NCc1ccncc1. The van der Waals surface area contributed by atoms with Gasteiger partial charge in [-0.15, -0.1) is 0 Å². The largest absolute Gasteiger partial charge is 0.368 e. The molecule has 1 aromatic carbocycles. The Balaban J connectivity index is 1.51.